The first-order chi connectivity index (χ1) is 15.7. The fourth-order valence-corrected chi connectivity index (χ4v) is 7.62. The van der Waals surface area contributed by atoms with Crippen LogP contribution < -0.4 is 10.2 Å². The zero-order chi connectivity index (χ0) is 21.7. The van der Waals surface area contributed by atoms with E-state index in [9.17, 15) is 4.21 Å². The van der Waals surface area contributed by atoms with Crippen molar-refractivity contribution in [2.24, 2.45) is 0 Å². The molecule has 1 N–H and O–H groups in total. The third-order valence-corrected chi connectivity index (χ3v) is 9.62. The van der Waals surface area contributed by atoms with Crippen molar-refractivity contribution >= 4 is 45.4 Å². The number of benzene rings is 1. The summed E-state index contributed by atoms with van der Waals surface area (Å²) in [5, 5.41) is 4.64. The highest BCUT2D eigenvalue weighted by atomic mass is 32.2. The van der Waals surface area contributed by atoms with E-state index in [4.69, 9.17) is 9.97 Å². The molecule has 2 fully saturated rings. The third kappa shape index (κ3) is 3.47. The molecule has 2 aromatic heterocycles. The number of hydrogen-bond donors (Lipinski definition) is 1. The molecule has 3 aliphatic heterocycles. The fourth-order valence-electron chi connectivity index (χ4n) is 5.20. The third-order valence-electron chi connectivity index (χ3n) is 6.90. The molecule has 0 amide bonds. The molecule has 166 valence electrons. The van der Waals surface area contributed by atoms with Crippen LogP contribution in [0, 0.1) is 0 Å². The molecule has 3 unspecified atom stereocenters. The van der Waals surface area contributed by atoms with E-state index in [1.165, 1.54) is 5.56 Å². The molecular formula is C23H26N6OS2. The van der Waals surface area contributed by atoms with Gasteiger partial charge in [0.2, 0.25) is 5.95 Å². The highest BCUT2D eigenvalue weighted by Gasteiger charge is 2.45. The SMILES string of the molecule is CSN1CCC(Nc2ncc3ccnc(N4CC5c6ccccc6S(=O)C5C4)c3n2)CC1. The molecule has 32 heavy (non-hydrogen) atoms. The Balaban J connectivity index is 1.27. The van der Waals surface area contributed by atoms with Gasteiger partial charge < -0.3 is 10.2 Å². The van der Waals surface area contributed by atoms with Crippen molar-refractivity contribution < 1.29 is 4.21 Å². The van der Waals surface area contributed by atoms with Crippen LogP contribution in [-0.4, -0.2) is 67.2 Å². The van der Waals surface area contributed by atoms with Gasteiger partial charge in [-0.1, -0.05) is 30.1 Å². The average molecular weight is 467 g/mol. The number of rotatable bonds is 4. The van der Waals surface area contributed by atoms with Crippen LogP contribution in [0.2, 0.25) is 0 Å². The molecule has 3 aliphatic rings. The van der Waals surface area contributed by atoms with E-state index in [0.29, 0.717) is 12.0 Å². The zero-order valence-electron chi connectivity index (χ0n) is 18.0. The van der Waals surface area contributed by atoms with Gasteiger partial charge >= 0.3 is 0 Å². The quantitative estimate of drug-likeness (QED) is 0.588. The number of nitrogens with one attached hydrogen (secondary N) is 1. The number of piperidine rings is 1. The van der Waals surface area contributed by atoms with E-state index in [1.54, 1.807) is 0 Å². The highest BCUT2D eigenvalue weighted by molar-refractivity contribution is 7.96. The van der Waals surface area contributed by atoms with Crippen molar-refractivity contribution in [2.75, 3.05) is 42.7 Å². The summed E-state index contributed by atoms with van der Waals surface area (Å²) in [6.07, 6.45) is 8.02. The van der Waals surface area contributed by atoms with Crippen LogP contribution in [0.15, 0.2) is 47.6 Å². The smallest absolute Gasteiger partial charge is 0.223 e. The van der Waals surface area contributed by atoms with Gasteiger partial charge in [0.1, 0.15) is 5.52 Å². The summed E-state index contributed by atoms with van der Waals surface area (Å²) in [4.78, 5) is 17.4. The predicted molar refractivity (Wildman–Crippen MR) is 131 cm³/mol. The minimum absolute atomic E-state index is 0.116. The van der Waals surface area contributed by atoms with Gasteiger partial charge in [-0.2, -0.15) is 0 Å². The summed E-state index contributed by atoms with van der Waals surface area (Å²) in [7, 11) is -0.965. The number of fused-ring (bicyclic) bond motifs is 4. The Kier molecular flexibility index (Phi) is 5.27. The molecule has 9 heteroatoms. The second kappa shape index (κ2) is 8.28. The van der Waals surface area contributed by atoms with Crippen molar-refractivity contribution in [2.45, 2.75) is 34.9 Å². The summed E-state index contributed by atoms with van der Waals surface area (Å²) in [6.45, 7) is 3.71. The van der Waals surface area contributed by atoms with Crippen LogP contribution >= 0.6 is 11.9 Å². The van der Waals surface area contributed by atoms with Gasteiger partial charge in [0.15, 0.2) is 5.82 Å². The number of nitrogens with zero attached hydrogens (tertiary/aromatic N) is 5. The summed E-state index contributed by atoms with van der Waals surface area (Å²) in [5.41, 5.74) is 2.10. The lowest BCUT2D eigenvalue weighted by molar-refractivity contribution is 0.358. The standard InChI is InChI=1S/C23H26N6OS2/c1-31-29-10-7-16(8-11-29)26-23-25-12-15-6-9-24-22(21(15)27-23)28-13-18-17-4-2-3-5-19(17)32(30)20(18)14-28/h2-6,9,12,16,18,20H,7-8,10-11,13-14H2,1H3,(H,25,26,27). The molecule has 5 heterocycles. The Morgan fingerprint density at radius 1 is 1.12 bits per heavy atom. The minimum atomic E-state index is -0.965. The Hall–Kier alpha value is -2.23. The summed E-state index contributed by atoms with van der Waals surface area (Å²) in [5.74, 6) is 1.82. The first-order valence-corrected chi connectivity index (χ1v) is 13.5. The Bertz CT molecular complexity index is 1180. The van der Waals surface area contributed by atoms with E-state index >= 15 is 0 Å². The topological polar surface area (TPSA) is 74.2 Å². The minimum Gasteiger partial charge on any atom is -0.353 e. The molecule has 0 saturated carbocycles. The van der Waals surface area contributed by atoms with Gasteiger partial charge in [-0.15, -0.1) is 0 Å². The molecule has 0 bridgehead atoms. The normalized spacial score (nSPS) is 25.8. The number of aromatic nitrogens is 3. The molecular weight excluding hydrogens is 440 g/mol. The Morgan fingerprint density at radius 2 is 1.97 bits per heavy atom. The molecule has 6 rings (SSSR count). The lowest BCUT2D eigenvalue weighted by Crippen LogP contribution is -2.35. The monoisotopic (exact) mass is 466 g/mol. The summed E-state index contributed by atoms with van der Waals surface area (Å²) in [6, 6.07) is 10.5. The lowest BCUT2D eigenvalue weighted by Gasteiger charge is -2.30. The number of hydrogen-bond acceptors (Lipinski definition) is 8. The van der Waals surface area contributed by atoms with E-state index < -0.39 is 10.8 Å². The lowest BCUT2D eigenvalue weighted by atomic mass is 9.99. The van der Waals surface area contributed by atoms with Crippen LogP contribution in [0.3, 0.4) is 0 Å². The summed E-state index contributed by atoms with van der Waals surface area (Å²) >= 11 is 1.81. The van der Waals surface area contributed by atoms with Gasteiger partial charge in [0, 0.05) is 60.8 Å². The summed E-state index contributed by atoms with van der Waals surface area (Å²) < 4.78 is 15.5. The largest absolute Gasteiger partial charge is 0.353 e. The molecule has 7 nitrogen and oxygen atoms in total. The van der Waals surface area contributed by atoms with Gasteiger partial charge in [-0.25, -0.2) is 15.0 Å². The van der Waals surface area contributed by atoms with Crippen LogP contribution in [0.25, 0.3) is 10.9 Å². The maximum absolute atomic E-state index is 13.1. The van der Waals surface area contributed by atoms with Crippen LogP contribution in [0.5, 0.6) is 0 Å². The zero-order valence-corrected chi connectivity index (χ0v) is 19.6. The van der Waals surface area contributed by atoms with Crippen molar-refractivity contribution in [3.63, 3.8) is 0 Å². The van der Waals surface area contributed by atoms with Gasteiger partial charge in [0.05, 0.1) is 16.0 Å². The van der Waals surface area contributed by atoms with Crippen LogP contribution in [0.4, 0.5) is 11.8 Å². The molecule has 2 saturated heterocycles. The first-order valence-electron chi connectivity index (χ1n) is 11.1. The van der Waals surface area contributed by atoms with Crippen LogP contribution in [-0.2, 0) is 10.8 Å². The van der Waals surface area contributed by atoms with Crippen molar-refractivity contribution in [3.05, 3.63) is 48.3 Å². The Morgan fingerprint density at radius 3 is 2.81 bits per heavy atom. The molecule has 0 spiro atoms. The molecule has 0 radical (unpaired) electrons. The second-order valence-corrected chi connectivity index (χ2v) is 11.2. The van der Waals surface area contributed by atoms with E-state index in [2.05, 4.69) is 31.8 Å². The van der Waals surface area contributed by atoms with E-state index in [1.807, 2.05) is 48.6 Å². The number of pyridine rings is 1. The van der Waals surface area contributed by atoms with Gasteiger partial charge in [-0.3, -0.25) is 8.51 Å². The molecule has 3 atom stereocenters. The van der Waals surface area contributed by atoms with Crippen molar-refractivity contribution in [1.82, 2.24) is 19.3 Å². The van der Waals surface area contributed by atoms with Crippen molar-refractivity contribution in [1.29, 1.82) is 0 Å². The maximum Gasteiger partial charge on any atom is 0.223 e. The number of anilines is 2. The maximum atomic E-state index is 13.1. The first kappa shape index (κ1) is 20.4. The second-order valence-electron chi connectivity index (χ2n) is 8.68. The van der Waals surface area contributed by atoms with Crippen LogP contribution in [0.1, 0.15) is 24.3 Å². The predicted octanol–water partition coefficient (Wildman–Crippen LogP) is 3.27. The Labute approximate surface area is 194 Å². The van der Waals surface area contributed by atoms with Gasteiger partial charge in [-0.05, 0) is 36.8 Å². The van der Waals surface area contributed by atoms with E-state index in [-0.39, 0.29) is 11.2 Å². The molecule has 1 aromatic carbocycles. The fraction of sp³-hybridized carbons (Fsp3) is 0.435. The highest BCUT2D eigenvalue weighted by Crippen LogP contribution is 2.44. The molecule has 0 aliphatic carbocycles. The molecule has 3 aromatic rings. The van der Waals surface area contributed by atoms with Crippen molar-refractivity contribution in [3.8, 4) is 0 Å². The average Bonchev–Trinajstić information content (AvgIpc) is 3.38. The van der Waals surface area contributed by atoms with E-state index in [0.717, 1.165) is 60.6 Å². The van der Waals surface area contributed by atoms with Gasteiger partial charge in [0.25, 0.3) is 0 Å².